The van der Waals surface area contributed by atoms with Gasteiger partial charge in [-0.25, -0.2) is 0 Å². The lowest BCUT2D eigenvalue weighted by Crippen LogP contribution is -2.72. The summed E-state index contributed by atoms with van der Waals surface area (Å²) in [5.74, 6) is -5.92. The number of rotatable bonds is 10. The van der Waals surface area contributed by atoms with Crippen molar-refractivity contribution in [1.29, 1.82) is 0 Å². The minimum absolute atomic E-state index is 0.0252. The second kappa shape index (κ2) is 10.0. The molecule has 11 heteroatoms. The van der Waals surface area contributed by atoms with Crippen LogP contribution >= 0.6 is 0 Å². The highest BCUT2D eigenvalue weighted by Crippen LogP contribution is 2.44. The number of imide groups is 2. The lowest BCUT2D eigenvalue weighted by molar-refractivity contribution is -0.168. The Labute approximate surface area is 215 Å². The van der Waals surface area contributed by atoms with E-state index in [1.165, 1.54) is 19.1 Å². The summed E-state index contributed by atoms with van der Waals surface area (Å²) in [6.07, 6.45) is -0.133. The summed E-state index contributed by atoms with van der Waals surface area (Å²) in [5, 5.41) is 9.95. The van der Waals surface area contributed by atoms with E-state index in [4.69, 9.17) is 5.73 Å². The molecular formula is C26H34N4O7. The number of carboxylic acid groups (broad SMARTS) is 1. The molecule has 37 heavy (non-hydrogen) atoms. The first kappa shape index (κ1) is 28.0. The van der Waals surface area contributed by atoms with Crippen LogP contribution in [0.5, 0.6) is 0 Å². The van der Waals surface area contributed by atoms with Crippen LogP contribution in [-0.4, -0.2) is 86.5 Å². The Hall–Kier alpha value is -3.60. The summed E-state index contributed by atoms with van der Waals surface area (Å²) in [6, 6.07) is 5.05. The van der Waals surface area contributed by atoms with Crippen molar-refractivity contribution in [3.63, 3.8) is 0 Å². The molecule has 2 aliphatic heterocycles. The van der Waals surface area contributed by atoms with E-state index in [1.54, 1.807) is 44.7 Å². The number of benzene rings is 1. The Morgan fingerprint density at radius 3 is 2.03 bits per heavy atom. The number of piperidine rings is 1. The van der Waals surface area contributed by atoms with E-state index >= 15 is 0 Å². The number of amides is 5. The molecule has 200 valence electrons. The first-order valence-corrected chi connectivity index (χ1v) is 12.4. The molecular weight excluding hydrogens is 480 g/mol. The number of hydrogen-bond donors (Lipinski definition) is 2. The molecule has 2 aliphatic rings. The number of hydrogen-bond acceptors (Lipinski definition) is 7. The second-order valence-corrected chi connectivity index (χ2v) is 10.1. The smallest absolute Gasteiger partial charge is 0.308 e. The van der Waals surface area contributed by atoms with Crippen LogP contribution in [0.3, 0.4) is 0 Å². The molecule has 1 aromatic rings. The lowest BCUT2D eigenvalue weighted by Gasteiger charge is -2.54. The summed E-state index contributed by atoms with van der Waals surface area (Å²) in [4.78, 5) is 81.5. The quantitative estimate of drug-likeness (QED) is 0.440. The maximum absolute atomic E-state index is 13.7. The molecule has 1 unspecified atom stereocenters. The van der Waals surface area contributed by atoms with Gasteiger partial charge in [-0.05, 0) is 38.6 Å². The van der Waals surface area contributed by atoms with Crippen molar-refractivity contribution in [2.45, 2.75) is 59.0 Å². The van der Waals surface area contributed by atoms with Gasteiger partial charge in [-0.2, -0.15) is 0 Å². The standard InChI is InChI=1S/C26H34N4O7/c1-6-28(7-2)26(24(27)37,15(3)23(35)36)25(4,5)14-29-19(31)13-12-18(22(29)34)30-20(32)16-10-8-9-11-17(16)21(30)33/h8-11,15,18H,6-7,12-14H2,1-5H3,(H2,27,37)(H,35,36)/t15?,18-,26+/m0/s1. The Morgan fingerprint density at radius 2 is 1.59 bits per heavy atom. The SMILES string of the molecule is CCN(CC)[C@@](C(N)=O)(C(C)C(=O)O)C(C)(C)CN1C(=O)CC[C@H](N2C(=O)c3ccccc3C2=O)C1=O. The summed E-state index contributed by atoms with van der Waals surface area (Å²) < 4.78 is 0. The topological polar surface area (TPSA) is 158 Å². The molecule has 0 aliphatic carbocycles. The zero-order valence-corrected chi connectivity index (χ0v) is 21.8. The fraction of sp³-hybridized carbons (Fsp3) is 0.538. The minimum atomic E-state index is -1.76. The fourth-order valence-corrected chi connectivity index (χ4v) is 6.13. The highest BCUT2D eigenvalue weighted by atomic mass is 16.4. The third-order valence-electron chi connectivity index (χ3n) is 7.84. The molecule has 11 nitrogen and oxygen atoms in total. The van der Waals surface area contributed by atoms with Gasteiger partial charge in [0, 0.05) is 18.4 Å². The van der Waals surface area contributed by atoms with E-state index in [9.17, 15) is 33.9 Å². The molecule has 0 saturated carbocycles. The van der Waals surface area contributed by atoms with Gasteiger partial charge in [0.05, 0.1) is 17.0 Å². The number of likely N-dealkylation sites (N-methyl/N-ethyl adjacent to an activating group) is 1. The molecule has 3 N–H and O–H groups in total. The van der Waals surface area contributed by atoms with Crippen LogP contribution in [0.15, 0.2) is 24.3 Å². The minimum Gasteiger partial charge on any atom is -0.481 e. The molecule has 1 fully saturated rings. The van der Waals surface area contributed by atoms with Gasteiger partial charge in [-0.3, -0.25) is 43.5 Å². The summed E-state index contributed by atoms with van der Waals surface area (Å²) in [5.41, 5.74) is 3.20. The van der Waals surface area contributed by atoms with E-state index in [0.29, 0.717) is 13.1 Å². The number of carbonyl (C=O) groups is 6. The van der Waals surface area contributed by atoms with Crippen LogP contribution < -0.4 is 5.73 Å². The zero-order valence-electron chi connectivity index (χ0n) is 21.8. The van der Waals surface area contributed by atoms with Crippen molar-refractivity contribution in [3.8, 4) is 0 Å². The van der Waals surface area contributed by atoms with Gasteiger partial charge in [0.15, 0.2) is 0 Å². The predicted molar refractivity (Wildman–Crippen MR) is 132 cm³/mol. The highest BCUT2D eigenvalue weighted by molar-refractivity contribution is 6.23. The maximum Gasteiger partial charge on any atom is 0.308 e. The van der Waals surface area contributed by atoms with Crippen molar-refractivity contribution in [3.05, 3.63) is 35.4 Å². The molecule has 1 aromatic carbocycles. The maximum atomic E-state index is 13.7. The van der Waals surface area contributed by atoms with Crippen molar-refractivity contribution >= 4 is 35.5 Å². The largest absolute Gasteiger partial charge is 0.481 e. The average molecular weight is 515 g/mol. The molecule has 0 aromatic heterocycles. The molecule has 5 amide bonds. The third kappa shape index (κ3) is 4.20. The van der Waals surface area contributed by atoms with Crippen molar-refractivity contribution in [2.75, 3.05) is 19.6 Å². The predicted octanol–water partition coefficient (Wildman–Crippen LogP) is 1.11. The van der Waals surface area contributed by atoms with Gasteiger partial charge < -0.3 is 10.8 Å². The first-order valence-electron chi connectivity index (χ1n) is 12.4. The van der Waals surface area contributed by atoms with Crippen LogP contribution in [0.4, 0.5) is 0 Å². The second-order valence-electron chi connectivity index (χ2n) is 10.1. The number of carboxylic acids is 1. The molecule has 0 radical (unpaired) electrons. The first-order chi connectivity index (χ1) is 17.3. The molecule has 3 atom stereocenters. The number of nitrogens with two attached hydrogens (primary N) is 1. The zero-order chi connectivity index (χ0) is 27.9. The van der Waals surface area contributed by atoms with Crippen LogP contribution in [0.2, 0.25) is 0 Å². The Balaban J connectivity index is 2.02. The van der Waals surface area contributed by atoms with Crippen LogP contribution in [0.25, 0.3) is 0 Å². The van der Waals surface area contributed by atoms with Gasteiger partial charge >= 0.3 is 5.97 Å². The number of nitrogens with zero attached hydrogens (tertiary/aromatic N) is 3. The Morgan fingerprint density at radius 1 is 1.08 bits per heavy atom. The van der Waals surface area contributed by atoms with Gasteiger partial charge in [0.2, 0.25) is 11.8 Å². The van der Waals surface area contributed by atoms with Crippen LogP contribution in [0, 0.1) is 11.3 Å². The number of aliphatic carboxylic acids is 1. The normalized spacial score (nSPS) is 20.8. The fourth-order valence-electron chi connectivity index (χ4n) is 6.13. The van der Waals surface area contributed by atoms with Gasteiger partial charge in [-0.1, -0.05) is 39.8 Å². The van der Waals surface area contributed by atoms with Crippen LogP contribution in [0.1, 0.15) is 68.2 Å². The van der Waals surface area contributed by atoms with Crippen molar-refractivity contribution in [1.82, 2.24) is 14.7 Å². The number of fused-ring (bicyclic) bond motifs is 1. The van der Waals surface area contributed by atoms with E-state index < -0.39 is 58.4 Å². The van der Waals surface area contributed by atoms with E-state index in [1.807, 2.05) is 0 Å². The number of likely N-dealkylation sites (tertiary alicyclic amines) is 1. The van der Waals surface area contributed by atoms with Crippen LogP contribution in [-0.2, 0) is 19.2 Å². The Bertz CT molecular complexity index is 1120. The molecule has 2 heterocycles. The van der Waals surface area contributed by atoms with E-state index in [0.717, 1.165) is 9.80 Å². The number of carbonyl (C=O) groups excluding carboxylic acids is 5. The Kier molecular flexibility index (Phi) is 7.59. The van der Waals surface area contributed by atoms with Crippen molar-refractivity contribution < 1.29 is 33.9 Å². The van der Waals surface area contributed by atoms with E-state index in [-0.39, 0.29) is 30.5 Å². The van der Waals surface area contributed by atoms with Crippen molar-refractivity contribution in [2.24, 2.45) is 17.1 Å². The van der Waals surface area contributed by atoms with Gasteiger partial charge in [0.1, 0.15) is 11.6 Å². The summed E-state index contributed by atoms with van der Waals surface area (Å²) >= 11 is 0. The molecule has 3 rings (SSSR count). The lowest BCUT2D eigenvalue weighted by atomic mass is 9.63. The van der Waals surface area contributed by atoms with Gasteiger partial charge in [0.25, 0.3) is 17.7 Å². The van der Waals surface area contributed by atoms with E-state index in [2.05, 4.69) is 0 Å². The highest BCUT2D eigenvalue weighted by Gasteiger charge is 2.60. The third-order valence-corrected chi connectivity index (χ3v) is 7.84. The summed E-state index contributed by atoms with van der Waals surface area (Å²) in [6.45, 7) is 8.36. The molecule has 0 bridgehead atoms. The monoisotopic (exact) mass is 514 g/mol. The average Bonchev–Trinajstić information content (AvgIpc) is 3.09. The van der Waals surface area contributed by atoms with Gasteiger partial charge in [-0.15, -0.1) is 0 Å². The summed E-state index contributed by atoms with van der Waals surface area (Å²) in [7, 11) is 0. The molecule has 0 spiro atoms. The number of primary amides is 1. The molecule has 1 saturated heterocycles.